The van der Waals surface area contributed by atoms with Gasteiger partial charge < -0.3 is 5.11 Å². The molecule has 0 aliphatic carbocycles. The van der Waals surface area contributed by atoms with Crippen molar-refractivity contribution >= 4 is 34.4 Å². The molecule has 2 heterocycles. The molecular formula is C18H14N2O5. The second kappa shape index (κ2) is 5.22. The van der Waals surface area contributed by atoms with E-state index in [-0.39, 0.29) is 28.9 Å². The van der Waals surface area contributed by atoms with Gasteiger partial charge in [0.2, 0.25) is 0 Å². The molecule has 0 spiro atoms. The topological polar surface area (TPSA) is 104 Å². The lowest BCUT2D eigenvalue weighted by Gasteiger charge is -2.33. The van der Waals surface area contributed by atoms with Gasteiger partial charge in [-0.2, -0.15) is 0 Å². The molecule has 0 saturated carbocycles. The summed E-state index contributed by atoms with van der Waals surface area (Å²) in [5, 5.41) is 12.4. The minimum atomic E-state index is -0.625. The third-order valence-electron chi connectivity index (χ3n) is 4.82. The summed E-state index contributed by atoms with van der Waals surface area (Å²) >= 11 is 0. The van der Waals surface area contributed by atoms with Gasteiger partial charge in [-0.25, -0.2) is 0 Å². The lowest BCUT2D eigenvalue weighted by molar-refractivity contribution is 0.0465. The lowest BCUT2D eigenvalue weighted by Crippen LogP contribution is -2.48. The first-order valence-electron chi connectivity index (χ1n) is 7.93. The van der Waals surface area contributed by atoms with Crippen LogP contribution in [0.1, 0.15) is 54.8 Å². The van der Waals surface area contributed by atoms with Crippen molar-refractivity contribution in [1.29, 1.82) is 0 Å². The van der Waals surface area contributed by atoms with E-state index < -0.39 is 29.7 Å². The van der Waals surface area contributed by atoms with Crippen LogP contribution in [0.3, 0.4) is 0 Å². The second-order valence-electron chi connectivity index (χ2n) is 6.08. The predicted molar refractivity (Wildman–Crippen MR) is 87.4 cm³/mol. The first kappa shape index (κ1) is 15.5. The lowest BCUT2D eigenvalue weighted by atomic mass is 9.86. The van der Waals surface area contributed by atoms with E-state index in [1.165, 1.54) is 24.3 Å². The molecule has 126 valence electrons. The van der Waals surface area contributed by atoms with Crippen LogP contribution in [0.4, 0.5) is 0 Å². The number of nitrogens with zero attached hydrogens (tertiary/aromatic N) is 1. The fraction of sp³-hybridized carbons (Fsp3) is 0.222. The number of rotatable bonds is 3. The van der Waals surface area contributed by atoms with Crippen LogP contribution in [0.25, 0.3) is 10.8 Å². The summed E-state index contributed by atoms with van der Waals surface area (Å²) in [5.41, 5.74) is 1.03. The second-order valence-corrected chi connectivity index (χ2v) is 6.08. The maximum Gasteiger partial charge on any atom is 0.261 e. The molecule has 7 heteroatoms. The quantitative estimate of drug-likeness (QED) is 0.816. The molecule has 0 fully saturated rings. The van der Waals surface area contributed by atoms with Crippen LogP contribution in [0, 0.1) is 0 Å². The Labute approximate surface area is 142 Å². The van der Waals surface area contributed by atoms with Crippen LogP contribution in [0.15, 0.2) is 24.3 Å². The van der Waals surface area contributed by atoms with Crippen LogP contribution in [0.5, 0.6) is 0 Å². The molecule has 4 amide bonds. The van der Waals surface area contributed by atoms with Crippen LogP contribution in [0.2, 0.25) is 0 Å². The molecule has 0 saturated heterocycles. The zero-order valence-corrected chi connectivity index (χ0v) is 13.3. The summed E-state index contributed by atoms with van der Waals surface area (Å²) in [4.78, 5) is 51.0. The molecule has 1 unspecified atom stereocenters. The van der Waals surface area contributed by atoms with Crippen molar-refractivity contribution in [1.82, 2.24) is 10.2 Å². The molecule has 0 bridgehead atoms. The smallest absolute Gasteiger partial charge is 0.261 e. The van der Waals surface area contributed by atoms with Gasteiger partial charge in [0.1, 0.15) is 0 Å². The number of nitrogens with one attached hydrogen (secondary N) is 1. The monoisotopic (exact) mass is 338 g/mol. The number of aliphatic hydroxyl groups is 1. The van der Waals surface area contributed by atoms with E-state index in [2.05, 4.69) is 5.32 Å². The number of amides is 4. The largest absolute Gasteiger partial charge is 0.394 e. The predicted octanol–water partition coefficient (Wildman–Crippen LogP) is 1.09. The Morgan fingerprint density at radius 3 is 1.76 bits per heavy atom. The number of hydrogen-bond acceptors (Lipinski definition) is 5. The highest BCUT2D eigenvalue weighted by Gasteiger charge is 2.39. The minimum Gasteiger partial charge on any atom is -0.394 e. The maximum absolute atomic E-state index is 12.9. The summed E-state index contributed by atoms with van der Waals surface area (Å²) in [6.45, 7) is 1.45. The number of carbonyl (C=O) groups excluding carboxylic acids is 4. The third kappa shape index (κ3) is 1.90. The molecular weight excluding hydrogens is 324 g/mol. The first-order chi connectivity index (χ1) is 12.0. The van der Waals surface area contributed by atoms with E-state index in [1.807, 2.05) is 0 Å². The maximum atomic E-state index is 12.9. The van der Waals surface area contributed by atoms with Gasteiger partial charge in [-0.05, 0) is 30.7 Å². The van der Waals surface area contributed by atoms with Gasteiger partial charge in [-0.3, -0.25) is 29.4 Å². The number of benzene rings is 2. The average molecular weight is 338 g/mol. The fourth-order valence-electron chi connectivity index (χ4n) is 3.54. The van der Waals surface area contributed by atoms with Gasteiger partial charge in [0.15, 0.2) is 0 Å². The molecule has 1 atom stereocenters. The van der Waals surface area contributed by atoms with Crippen molar-refractivity contribution in [2.45, 2.75) is 19.4 Å². The standard InChI is InChI=1S/C18H14N2O5/c1-2-8(7-21)20-17(24)11-5-3-9-13-10(16(23)19-15(9)22)4-6-12(14(11)13)18(20)25/h3-6,8,21H,2,7H2,1H3,(H,19,22,23). The van der Waals surface area contributed by atoms with Crippen LogP contribution >= 0.6 is 0 Å². The molecule has 2 aromatic rings. The molecule has 2 aliphatic heterocycles. The van der Waals surface area contributed by atoms with E-state index >= 15 is 0 Å². The van der Waals surface area contributed by atoms with Gasteiger partial charge in [0.25, 0.3) is 23.6 Å². The summed E-state index contributed by atoms with van der Waals surface area (Å²) in [5.74, 6) is -2.16. The summed E-state index contributed by atoms with van der Waals surface area (Å²) in [6.07, 6.45) is 0.420. The van der Waals surface area contributed by atoms with Crippen molar-refractivity contribution in [2.24, 2.45) is 0 Å². The van der Waals surface area contributed by atoms with Crippen LogP contribution < -0.4 is 5.32 Å². The van der Waals surface area contributed by atoms with E-state index in [0.717, 1.165) is 4.90 Å². The Kier molecular flexibility index (Phi) is 3.23. The van der Waals surface area contributed by atoms with Crippen LogP contribution in [-0.2, 0) is 0 Å². The molecule has 0 aromatic heterocycles. The molecule has 4 rings (SSSR count). The van der Waals surface area contributed by atoms with Gasteiger partial charge in [0, 0.05) is 33.0 Å². The Hall–Kier alpha value is -3.06. The Morgan fingerprint density at radius 1 is 0.880 bits per heavy atom. The molecule has 0 radical (unpaired) electrons. The molecule has 7 nitrogen and oxygen atoms in total. The Balaban J connectivity index is 2.06. The summed E-state index contributed by atoms with van der Waals surface area (Å²) in [6, 6.07) is 5.33. The van der Waals surface area contributed by atoms with Crippen molar-refractivity contribution in [3.63, 3.8) is 0 Å². The van der Waals surface area contributed by atoms with Gasteiger partial charge in [-0.15, -0.1) is 0 Å². The first-order valence-corrected chi connectivity index (χ1v) is 7.93. The van der Waals surface area contributed by atoms with Crippen molar-refractivity contribution in [2.75, 3.05) is 6.61 Å². The van der Waals surface area contributed by atoms with Gasteiger partial charge in [0.05, 0.1) is 12.6 Å². The van der Waals surface area contributed by atoms with Crippen molar-refractivity contribution in [3.05, 3.63) is 46.5 Å². The zero-order chi connectivity index (χ0) is 17.9. The number of aliphatic hydroxyl groups excluding tert-OH is 1. The summed E-state index contributed by atoms with van der Waals surface area (Å²) in [7, 11) is 0. The Morgan fingerprint density at radius 2 is 1.32 bits per heavy atom. The Bertz CT molecular complexity index is 922. The van der Waals surface area contributed by atoms with E-state index in [4.69, 9.17) is 0 Å². The van der Waals surface area contributed by atoms with E-state index in [9.17, 15) is 24.3 Å². The van der Waals surface area contributed by atoms with E-state index in [0.29, 0.717) is 17.2 Å². The number of imide groups is 2. The number of carbonyl (C=O) groups is 4. The van der Waals surface area contributed by atoms with Crippen molar-refractivity contribution < 1.29 is 24.3 Å². The van der Waals surface area contributed by atoms with Gasteiger partial charge in [-0.1, -0.05) is 6.92 Å². The zero-order valence-electron chi connectivity index (χ0n) is 13.3. The SMILES string of the molecule is CCC(CO)N1C(=O)c2ccc3c4c(ccc(c24)C1=O)C(=O)NC3=O. The molecule has 2 N–H and O–H groups in total. The van der Waals surface area contributed by atoms with E-state index in [1.54, 1.807) is 6.92 Å². The highest BCUT2D eigenvalue weighted by atomic mass is 16.3. The number of hydrogen-bond donors (Lipinski definition) is 2. The van der Waals surface area contributed by atoms with Crippen molar-refractivity contribution in [3.8, 4) is 0 Å². The molecule has 25 heavy (non-hydrogen) atoms. The highest BCUT2D eigenvalue weighted by molar-refractivity contribution is 6.33. The summed E-state index contributed by atoms with van der Waals surface area (Å²) < 4.78 is 0. The minimum absolute atomic E-state index is 0.254. The van der Waals surface area contributed by atoms with Gasteiger partial charge >= 0.3 is 0 Å². The molecule has 2 aliphatic rings. The third-order valence-corrected chi connectivity index (χ3v) is 4.82. The normalized spacial score (nSPS) is 17.1. The average Bonchev–Trinajstić information content (AvgIpc) is 2.61. The van der Waals surface area contributed by atoms with Crippen LogP contribution in [-0.4, -0.2) is 46.3 Å². The molecule has 2 aromatic carbocycles. The highest BCUT2D eigenvalue weighted by Crippen LogP contribution is 2.36. The fourth-order valence-corrected chi connectivity index (χ4v) is 3.54.